The van der Waals surface area contributed by atoms with Gasteiger partial charge in [0.2, 0.25) is 5.91 Å². The van der Waals surface area contributed by atoms with Crippen molar-refractivity contribution in [1.82, 2.24) is 28.8 Å². The number of hydrogen-bond acceptors (Lipinski definition) is 4. The predicted octanol–water partition coefficient (Wildman–Crippen LogP) is 2.55. The average molecular weight is 423 g/mol. The smallest absolute Gasteiger partial charge is 0.329 e. The van der Waals surface area contributed by atoms with Gasteiger partial charge in [0.1, 0.15) is 18.2 Å². The highest BCUT2D eigenvalue weighted by Crippen LogP contribution is 2.28. The van der Waals surface area contributed by atoms with Crippen molar-refractivity contribution in [3.05, 3.63) is 46.4 Å². The molecule has 1 amide bonds. The van der Waals surface area contributed by atoms with E-state index in [2.05, 4.69) is 14.8 Å². The van der Waals surface area contributed by atoms with Gasteiger partial charge in [-0.2, -0.15) is 0 Å². The van der Waals surface area contributed by atoms with E-state index in [0.717, 1.165) is 61.5 Å². The Labute approximate surface area is 181 Å². The van der Waals surface area contributed by atoms with Gasteiger partial charge in [0.15, 0.2) is 0 Å². The maximum Gasteiger partial charge on any atom is 0.329 e. The largest absolute Gasteiger partial charge is 0.340 e. The molecule has 31 heavy (non-hydrogen) atoms. The van der Waals surface area contributed by atoms with Gasteiger partial charge in [-0.25, -0.2) is 4.79 Å². The summed E-state index contributed by atoms with van der Waals surface area (Å²) in [6.07, 6.45) is 6.54. The summed E-state index contributed by atoms with van der Waals surface area (Å²) in [4.78, 5) is 28.1. The molecule has 4 heterocycles. The van der Waals surface area contributed by atoms with Crippen LogP contribution >= 0.6 is 0 Å². The lowest BCUT2D eigenvalue weighted by molar-refractivity contribution is -0.133. The quantitative estimate of drug-likeness (QED) is 0.647. The van der Waals surface area contributed by atoms with Crippen LogP contribution in [0.1, 0.15) is 56.6 Å². The second kappa shape index (κ2) is 8.32. The molecule has 0 spiro atoms. The van der Waals surface area contributed by atoms with Crippen LogP contribution in [0.5, 0.6) is 0 Å². The molecule has 0 aliphatic carbocycles. The Morgan fingerprint density at radius 1 is 1.03 bits per heavy atom. The molecular formula is C23H30N6O2. The van der Waals surface area contributed by atoms with Crippen molar-refractivity contribution in [1.29, 1.82) is 0 Å². The highest BCUT2D eigenvalue weighted by Gasteiger charge is 2.30. The van der Waals surface area contributed by atoms with Crippen molar-refractivity contribution in [3.63, 3.8) is 0 Å². The van der Waals surface area contributed by atoms with Gasteiger partial charge in [-0.05, 0) is 44.7 Å². The molecule has 2 aliphatic heterocycles. The Hall–Kier alpha value is -2.90. The number of fused-ring (bicyclic) bond motifs is 2. The van der Waals surface area contributed by atoms with Gasteiger partial charge in [0.05, 0.1) is 11.0 Å². The van der Waals surface area contributed by atoms with Crippen LogP contribution in [0, 0.1) is 0 Å². The van der Waals surface area contributed by atoms with E-state index in [1.807, 2.05) is 36.1 Å². The van der Waals surface area contributed by atoms with Crippen molar-refractivity contribution in [3.8, 4) is 0 Å². The minimum absolute atomic E-state index is 0.00131. The van der Waals surface area contributed by atoms with Gasteiger partial charge in [-0.1, -0.05) is 18.6 Å². The number of aromatic nitrogens is 5. The van der Waals surface area contributed by atoms with Crippen molar-refractivity contribution >= 4 is 16.9 Å². The summed E-state index contributed by atoms with van der Waals surface area (Å²) in [6, 6.07) is 7.70. The molecule has 2 aliphatic rings. The topological polar surface area (TPSA) is 78.0 Å². The van der Waals surface area contributed by atoms with Gasteiger partial charge < -0.3 is 9.47 Å². The molecule has 0 radical (unpaired) electrons. The van der Waals surface area contributed by atoms with E-state index >= 15 is 0 Å². The minimum atomic E-state index is -0.117. The zero-order valence-electron chi connectivity index (χ0n) is 18.2. The Kier molecular flexibility index (Phi) is 5.38. The van der Waals surface area contributed by atoms with Crippen LogP contribution in [0.15, 0.2) is 29.1 Å². The van der Waals surface area contributed by atoms with Crippen molar-refractivity contribution < 1.29 is 4.79 Å². The van der Waals surface area contributed by atoms with Crippen LogP contribution in [0.25, 0.3) is 11.0 Å². The SMILES string of the molecule is CCn1c(=O)n(CC(=O)N2CCCC(c3nnc4n3CCCCC4)C2)c2ccccc21. The lowest BCUT2D eigenvalue weighted by atomic mass is 9.97. The molecule has 1 fully saturated rings. The first-order chi connectivity index (χ1) is 15.2. The molecule has 164 valence electrons. The summed E-state index contributed by atoms with van der Waals surface area (Å²) in [6.45, 7) is 4.99. The number of carbonyl (C=O) groups excluding carboxylic acids is 1. The van der Waals surface area contributed by atoms with Crippen molar-refractivity contribution in [2.24, 2.45) is 0 Å². The summed E-state index contributed by atoms with van der Waals surface area (Å²) in [5.74, 6) is 2.34. The molecule has 3 aromatic rings. The fourth-order valence-electron chi connectivity index (χ4n) is 5.19. The minimum Gasteiger partial charge on any atom is -0.340 e. The second-order valence-electron chi connectivity index (χ2n) is 8.72. The Bertz CT molecular complexity index is 1160. The predicted molar refractivity (Wildman–Crippen MR) is 118 cm³/mol. The van der Waals surface area contributed by atoms with Crippen LogP contribution in [0.4, 0.5) is 0 Å². The molecule has 2 aromatic heterocycles. The first kappa shape index (κ1) is 20.0. The number of aryl methyl sites for hydroxylation is 2. The number of carbonyl (C=O) groups is 1. The molecule has 1 saturated heterocycles. The van der Waals surface area contributed by atoms with Crippen molar-refractivity contribution in [2.75, 3.05) is 13.1 Å². The Morgan fingerprint density at radius 3 is 2.65 bits per heavy atom. The number of para-hydroxylation sites is 2. The monoisotopic (exact) mass is 422 g/mol. The molecule has 0 N–H and O–H groups in total. The standard InChI is InChI=1S/C23H30N6O2/c1-2-27-18-10-5-6-11-19(18)29(23(27)31)16-21(30)26-13-8-9-17(15-26)22-25-24-20-12-4-3-7-14-28(20)22/h5-6,10-11,17H,2-4,7-9,12-16H2,1H3. The number of likely N-dealkylation sites (tertiary alicyclic amines) is 1. The van der Waals surface area contributed by atoms with E-state index in [1.165, 1.54) is 12.8 Å². The van der Waals surface area contributed by atoms with E-state index in [1.54, 1.807) is 9.13 Å². The first-order valence-corrected chi connectivity index (χ1v) is 11.5. The van der Waals surface area contributed by atoms with Gasteiger partial charge >= 0.3 is 5.69 Å². The maximum absolute atomic E-state index is 13.2. The number of rotatable bonds is 4. The molecule has 8 nitrogen and oxygen atoms in total. The molecule has 1 atom stereocenters. The fourth-order valence-corrected chi connectivity index (χ4v) is 5.19. The lowest BCUT2D eigenvalue weighted by Crippen LogP contribution is -2.42. The maximum atomic E-state index is 13.2. The third-order valence-electron chi connectivity index (χ3n) is 6.81. The molecule has 0 bridgehead atoms. The summed E-state index contributed by atoms with van der Waals surface area (Å²) >= 11 is 0. The third kappa shape index (κ3) is 3.58. The van der Waals surface area contributed by atoms with Gasteiger partial charge in [-0.3, -0.25) is 13.9 Å². The summed E-state index contributed by atoms with van der Waals surface area (Å²) in [5.41, 5.74) is 1.58. The number of benzene rings is 1. The first-order valence-electron chi connectivity index (χ1n) is 11.5. The van der Waals surface area contributed by atoms with Crippen LogP contribution in [-0.2, 0) is 30.8 Å². The number of nitrogens with zero attached hydrogens (tertiary/aromatic N) is 6. The average Bonchev–Trinajstić information content (AvgIpc) is 3.22. The zero-order chi connectivity index (χ0) is 21.4. The highest BCUT2D eigenvalue weighted by molar-refractivity contribution is 5.81. The molecule has 1 unspecified atom stereocenters. The molecule has 5 rings (SSSR count). The fraction of sp³-hybridized carbons (Fsp3) is 0.565. The molecular weight excluding hydrogens is 392 g/mol. The van der Waals surface area contributed by atoms with E-state index in [0.29, 0.717) is 13.1 Å². The van der Waals surface area contributed by atoms with E-state index in [4.69, 9.17) is 0 Å². The van der Waals surface area contributed by atoms with E-state index < -0.39 is 0 Å². The number of amides is 1. The lowest BCUT2D eigenvalue weighted by Gasteiger charge is -2.32. The van der Waals surface area contributed by atoms with Crippen LogP contribution in [-0.4, -0.2) is 47.8 Å². The molecule has 8 heteroatoms. The van der Waals surface area contributed by atoms with Crippen LogP contribution < -0.4 is 5.69 Å². The highest BCUT2D eigenvalue weighted by atomic mass is 16.2. The Balaban J connectivity index is 1.37. The second-order valence-corrected chi connectivity index (χ2v) is 8.72. The van der Waals surface area contributed by atoms with Crippen LogP contribution in [0.2, 0.25) is 0 Å². The summed E-state index contributed by atoms with van der Waals surface area (Å²) < 4.78 is 5.64. The third-order valence-corrected chi connectivity index (χ3v) is 6.81. The molecule has 1 aromatic carbocycles. The van der Waals surface area contributed by atoms with Gasteiger partial charge in [-0.15, -0.1) is 10.2 Å². The van der Waals surface area contributed by atoms with Gasteiger partial charge in [0.25, 0.3) is 0 Å². The number of hydrogen-bond donors (Lipinski definition) is 0. The number of imidazole rings is 1. The van der Waals surface area contributed by atoms with E-state index in [9.17, 15) is 9.59 Å². The Morgan fingerprint density at radius 2 is 1.84 bits per heavy atom. The zero-order valence-corrected chi connectivity index (χ0v) is 18.2. The van der Waals surface area contributed by atoms with Crippen LogP contribution in [0.3, 0.4) is 0 Å². The van der Waals surface area contributed by atoms with E-state index in [-0.39, 0.29) is 24.1 Å². The normalized spacial score (nSPS) is 19.4. The number of piperidine rings is 1. The summed E-state index contributed by atoms with van der Waals surface area (Å²) in [7, 11) is 0. The van der Waals surface area contributed by atoms with Gasteiger partial charge in [0, 0.05) is 38.5 Å². The molecule has 0 saturated carbocycles. The van der Waals surface area contributed by atoms with Crippen molar-refractivity contribution in [2.45, 2.75) is 71.0 Å². The summed E-state index contributed by atoms with van der Waals surface area (Å²) in [5, 5.41) is 8.98.